The molecule has 0 unspecified atom stereocenters. The molecule has 0 atom stereocenters. The van der Waals surface area contributed by atoms with Crippen LogP contribution in [0.3, 0.4) is 0 Å². The lowest BCUT2D eigenvalue weighted by Gasteiger charge is -2.18. The van der Waals surface area contributed by atoms with E-state index in [-0.39, 0.29) is 17.6 Å². The number of carbonyl (C=O) groups excluding carboxylic acids is 2. The summed E-state index contributed by atoms with van der Waals surface area (Å²) in [6.07, 6.45) is 2.17. The Balaban J connectivity index is 1.41. The number of aryl methyl sites for hydroxylation is 1. The van der Waals surface area contributed by atoms with E-state index < -0.39 is 5.92 Å². The summed E-state index contributed by atoms with van der Waals surface area (Å²) in [4.78, 5) is 26.6. The van der Waals surface area contributed by atoms with Gasteiger partial charge in [-0.15, -0.1) is 0 Å². The third-order valence-electron chi connectivity index (χ3n) is 6.72. The van der Waals surface area contributed by atoms with Crippen LogP contribution >= 0.6 is 0 Å². The second kappa shape index (κ2) is 11.2. The second-order valence-electron chi connectivity index (χ2n) is 9.15. The molecule has 192 valence electrons. The molecule has 0 aliphatic heterocycles. The van der Waals surface area contributed by atoms with Crippen molar-refractivity contribution in [2.45, 2.75) is 32.1 Å². The van der Waals surface area contributed by atoms with Crippen LogP contribution in [0.25, 0.3) is 0 Å². The van der Waals surface area contributed by atoms with Gasteiger partial charge in [0.1, 0.15) is 11.5 Å². The van der Waals surface area contributed by atoms with Crippen LogP contribution in [0.1, 0.15) is 57.3 Å². The highest BCUT2D eigenvalue weighted by molar-refractivity contribution is 6.09. The molecule has 1 aliphatic carbocycles. The Morgan fingerprint density at radius 2 is 1.53 bits per heavy atom. The molecule has 4 aromatic rings. The number of para-hydroxylation sites is 2. The van der Waals surface area contributed by atoms with Gasteiger partial charge >= 0.3 is 0 Å². The topological polar surface area (TPSA) is 92.9 Å². The summed E-state index contributed by atoms with van der Waals surface area (Å²) in [6.45, 7) is 1.85. The first kappa shape index (κ1) is 25.0. The maximum atomic E-state index is 13.4. The van der Waals surface area contributed by atoms with Crippen molar-refractivity contribution in [2.24, 2.45) is 5.10 Å². The van der Waals surface area contributed by atoms with Crippen LogP contribution in [0.4, 0.5) is 5.69 Å². The molecule has 1 heterocycles. The Hall–Kier alpha value is -4.65. The molecule has 0 fully saturated rings. The first-order valence-electron chi connectivity index (χ1n) is 12.6. The van der Waals surface area contributed by atoms with E-state index in [1.807, 2.05) is 79.7 Å². The van der Waals surface area contributed by atoms with Crippen molar-refractivity contribution in [3.63, 3.8) is 0 Å². The Morgan fingerprint density at radius 3 is 2.18 bits per heavy atom. The predicted molar refractivity (Wildman–Crippen MR) is 147 cm³/mol. The van der Waals surface area contributed by atoms with E-state index in [4.69, 9.17) is 9.15 Å². The van der Waals surface area contributed by atoms with Gasteiger partial charge in [0.15, 0.2) is 5.76 Å². The zero-order chi connectivity index (χ0) is 26.5. The van der Waals surface area contributed by atoms with E-state index >= 15 is 0 Å². The van der Waals surface area contributed by atoms with Crippen molar-refractivity contribution in [3.05, 3.63) is 119 Å². The molecule has 5 rings (SSSR count). The third-order valence-corrected chi connectivity index (χ3v) is 6.72. The summed E-state index contributed by atoms with van der Waals surface area (Å²) < 4.78 is 11.4. The van der Waals surface area contributed by atoms with E-state index in [0.717, 1.165) is 23.1 Å². The largest absolute Gasteiger partial charge is 0.495 e. The van der Waals surface area contributed by atoms with Gasteiger partial charge < -0.3 is 14.5 Å². The second-order valence-corrected chi connectivity index (χ2v) is 9.15. The standard InChI is InChI=1S/C31H29N3O4/c1-20-27-24(33-34-30(35)28(21-12-5-3-6-13-21)22-14-7-4-8-15-22)17-11-19-26(27)38-29(20)31(36)32-23-16-9-10-18-25(23)37-2/h3-10,12-16,18,28H,11,17,19H2,1-2H3,(H,32,36)(H,34,35)/b33-24+. The molecule has 3 aromatic carbocycles. The van der Waals surface area contributed by atoms with Crippen molar-refractivity contribution >= 4 is 23.2 Å². The Kier molecular flexibility index (Phi) is 7.35. The summed E-state index contributed by atoms with van der Waals surface area (Å²) >= 11 is 0. The van der Waals surface area contributed by atoms with Gasteiger partial charge in [-0.2, -0.15) is 5.10 Å². The molecule has 1 aromatic heterocycles. The molecule has 7 nitrogen and oxygen atoms in total. The molecule has 0 radical (unpaired) electrons. The fourth-order valence-corrected chi connectivity index (χ4v) is 4.90. The van der Waals surface area contributed by atoms with Crippen molar-refractivity contribution in [3.8, 4) is 5.75 Å². The normalized spacial score (nSPS) is 13.7. The van der Waals surface area contributed by atoms with Gasteiger partial charge in [-0.25, -0.2) is 5.43 Å². The number of furan rings is 1. The SMILES string of the molecule is COc1ccccc1NC(=O)c1oc2c(c1C)/C(=N/NC(=O)C(c1ccccc1)c1ccccc1)CCC2. The molecule has 0 spiro atoms. The zero-order valence-corrected chi connectivity index (χ0v) is 21.4. The van der Waals surface area contributed by atoms with Gasteiger partial charge in [0.05, 0.1) is 24.4 Å². The number of rotatable bonds is 7. The summed E-state index contributed by atoms with van der Waals surface area (Å²) in [5, 5.41) is 7.42. The number of methoxy groups -OCH3 is 1. The number of nitrogens with zero attached hydrogens (tertiary/aromatic N) is 1. The average Bonchev–Trinajstić information content (AvgIpc) is 3.30. The fourth-order valence-electron chi connectivity index (χ4n) is 4.90. The molecule has 0 saturated carbocycles. The van der Waals surface area contributed by atoms with Gasteiger partial charge in [-0.1, -0.05) is 72.8 Å². The first-order chi connectivity index (χ1) is 18.6. The van der Waals surface area contributed by atoms with Gasteiger partial charge in [0.25, 0.3) is 11.8 Å². The van der Waals surface area contributed by atoms with Crippen LogP contribution < -0.4 is 15.5 Å². The lowest BCUT2D eigenvalue weighted by molar-refractivity contribution is -0.121. The molecular weight excluding hydrogens is 478 g/mol. The van der Waals surface area contributed by atoms with Crippen molar-refractivity contribution < 1.29 is 18.7 Å². The number of nitrogens with one attached hydrogen (secondary N) is 2. The summed E-state index contributed by atoms with van der Waals surface area (Å²) in [5.41, 5.74) is 7.32. The smallest absolute Gasteiger partial charge is 0.291 e. The number of carbonyl (C=O) groups is 2. The number of anilines is 1. The number of fused-ring (bicyclic) bond motifs is 1. The molecule has 38 heavy (non-hydrogen) atoms. The van der Waals surface area contributed by atoms with Crippen LogP contribution in [0.15, 0.2) is 94.4 Å². The van der Waals surface area contributed by atoms with Gasteiger partial charge in [0.2, 0.25) is 0 Å². The van der Waals surface area contributed by atoms with Crippen molar-refractivity contribution in [1.82, 2.24) is 5.43 Å². The molecule has 0 saturated heterocycles. The average molecular weight is 508 g/mol. The number of amides is 2. The van der Waals surface area contributed by atoms with E-state index in [9.17, 15) is 9.59 Å². The van der Waals surface area contributed by atoms with Gasteiger partial charge in [-0.05, 0) is 43.0 Å². The first-order valence-corrected chi connectivity index (χ1v) is 12.6. The van der Waals surface area contributed by atoms with E-state index in [1.165, 1.54) is 0 Å². The highest BCUT2D eigenvalue weighted by Crippen LogP contribution is 2.32. The van der Waals surface area contributed by atoms with Crippen LogP contribution in [0.2, 0.25) is 0 Å². The van der Waals surface area contributed by atoms with E-state index in [2.05, 4.69) is 15.8 Å². The third kappa shape index (κ3) is 5.09. The number of ether oxygens (including phenoxy) is 1. The molecular formula is C31H29N3O4. The zero-order valence-electron chi connectivity index (χ0n) is 21.4. The van der Waals surface area contributed by atoms with Gasteiger partial charge in [0, 0.05) is 17.5 Å². The molecule has 0 bridgehead atoms. The van der Waals surface area contributed by atoms with E-state index in [0.29, 0.717) is 41.3 Å². The quantitative estimate of drug-likeness (QED) is 0.308. The molecule has 2 N–H and O–H groups in total. The molecule has 7 heteroatoms. The fraction of sp³-hybridized carbons (Fsp3) is 0.194. The highest BCUT2D eigenvalue weighted by atomic mass is 16.5. The minimum Gasteiger partial charge on any atom is -0.495 e. The Labute approximate surface area is 221 Å². The number of benzene rings is 3. The van der Waals surface area contributed by atoms with Gasteiger partial charge in [-0.3, -0.25) is 9.59 Å². The Morgan fingerprint density at radius 1 is 0.895 bits per heavy atom. The lowest BCUT2D eigenvalue weighted by atomic mass is 9.90. The number of hydrazone groups is 1. The van der Waals surface area contributed by atoms with Crippen LogP contribution in [0.5, 0.6) is 5.75 Å². The highest BCUT2D eigenvalue weighted by Gasteiger charge is 2.29. The van der Waals surface area contributed by atoms with E-state index in [1.54, 1.807) is 19.2 Å². The van der Waals surface area contributed by atoms with Crippen molar-refractivity contribution in [2.75, 3.05) is 12.4 Å². The van der Waals surface area contributed by atoms with Crippen LogP contribution in [0, 0.1) is 6.92 Å². The predicted octanol–water partition coefficient (Wildman–Crippen LogP) is 5.84. The monoisotopic (exact) mass is 507 g/mol. The maximum Gasteiger partial charge on any atom is 0.291 e. The van der Waals surface area contributed by atoms with Crippen molar-refractivity contribution in [1.29, 1.82) is 0 Å². The minimum atomic E-state index is -0.502. The molecule has 2 amide bonds. The summed E-state index contributed by atoms with van der Waals surface area (Å²) in [5.74, 6) is 0.404. The Bertz CT molecular complexity index is 1440. The summed E-state index contributed by atoms with van der Waals surface area (Å²) in [7, 11) is 1.55. The maximum absolute atomic E-state index is 13.4. The van der Waals surface area contributed by atoms with Crippen LogP contribution in [-0.2, 0) is 11.2 Å². The van der Waals surface area contributed by atoms with Crippen LogP contribution in [-0.4, -0.2) is 24.6 Å². The number of hydrogen-bond donors (Lipinski definition) is 2. The summed E-state index contributed by atoms with van der Waals surface area (Å²) in [6, 6.07) is 26.5. The lowest BCUT2D eigenvalue weighted by Crippen LogP contribution is -2.28. The minimum absolute atomic E-state index is 0.225. The number of hydrogen-bond acceptors (Lipinski definition) is 5. The molecule has 1 aliphatic rings.